The highest BCUT2D eigenvalue weighted by Crippen LogP contribution is 2.59. The molecule has 0 aromatic rings. The molecule has 2 bridgehead atoms. The Labute approximate surface area is 195 Å². The van der Waals surface area contributed by atoms with Gasteiger partial charge >= 0.3 is 17.9 Å². The number of esters is 3. The van der Waals surface area contributed by atoms with Crippen molar-refractivity contribution in [3.8, 4) is 0 Å². The first kappa shape index (κ1) is 23.1. The van der Waals surface area contributed by atoms with Crippen LogP contribution in [-0.2, 0) is 33.3 Å². The molecular formula is C25H37NO7. The third kappa shape index (κ3) is 3.97. The number of rotatable bonds is 8. The Kier molecular flexibility index (Phi) is 6.42. The van der Waals surface area contributed by atoms with Crippen molar-refractivity contribution in [3.63, 3.8) is 0 Å². The van der Waals surface area contributed by atoms with E-state index in [0.29, 0.717) is 38.6 Å². The van der Waals surface area contributed by atoms with Crippen molar-refractivity contribution in [2.45, 2.75) is 76.6 Å². The Morgan fingerprint density at radius 1 is 1.09 bits per heavy atom. The van der Waals surface area contributed by atoms with Gasteiger partial charge in [0.05, 0.1) is 31.6 Å². The van der Waals surface area contributed by atoms with E-state index in [-0.39, 0.29) is 36.3 Å². The number of morpholine rings is 1. The van der Waals surface area contributed by atoms with Gasteiger partial charge in [-0.05, 0) is 38.0 Å². The largest absolute Gasteiger partial charge is 0.459 e. The van der Waals surface area contributed by atoms with Crippen LogP contribution in [0.5, 0.6) is 0 Å². The van der Waals surface area contributed by atoms with Crippen LogP contribution in [0.25, 0.3) is 0 Å². The topological polar surface area (TPSA) is 91.4 Å². The molecule has 0 spiro atoms. The van der Waals surface area contributed by atoms with E-state index in [1.165, 1.54) is 12.8 Å². The highest BCUT2D eigenvalue weighted by atomic mass is 16.6. The summed E-state index contributed by atoms with van der Waals surface area (Å²) in [4.78, 5) is 41.1. The van der Waals surface area contributed by atoms with E-state index in [1.54, 1.807) is 0 Å². The van der Waals surface area contributed by atoms with Crippen LogP contribution >= 0.6 is 0 Å². The zero-order valence-corrected chi connectivity index (χ0v) is 19.8. The maximum atomic E-state index is 13.6. The molecule has 0 N–H and O–H groups in total. The average molecular weight is 464 g/mol. The van der Waals surface area contributed by atoms with E-state index in [9.17, 15) is 14.4 Å². The van der Waals surface area contributed by atoms with Crippen molar-refractivity contribution in [3.05, 3.63) is 0 Å². The molecular weight excluding hydrogens is 426 g/mol. The molecule has 0 radical (unpaired) electrons. The molecule has 8 nitrogen and oxygen atoms in total. The second kappa shape index (κ2) is 9.17. The molecule has 5 aliphatic rings. The second-order valence-electron chi connectivity index (χ2n) is 10.5. The van der Waals surface area contributed by atoms with Crippen molar-refractivity contribution in [1.29, 1.82) is 0 Å². The minimum Gasteiger partial charge on any atom is -0.459 e. The maximum absolute atomic E-state index is 13.6. The van der Waals surface area contributed by atoms with E-state index in [4.69, 9.17) is 18.9 Å². The maximum Gasteiger partial charge on any atom is 0.320 e. The van der Waals surface area contributed by atoms with Crippen molar-refractivity contribution in [2.24, 2.45) is 29.6 Å². The molecule has 0 aromatic carbocycles. The Balaban J connectivity index is 1.30. The number of ether oxygens (including phenoxy) is 4. The Morgan fingerprint density at radius 3 is 2.45 bits per heavy atom. The first-order chi connectivity index (χ1) is 16.0. The fourth-order valence-electron chi connectivity index (χ4n) is 7.37. The lowest BCUT2D eigenvalue weighted by molar-refractivity contribution is -0.181. The number of hydrogen-bond acceptors (Lipinski definition) is 8. The summed E-state index contributed by atoms with van der Waals surface area (Å²) in [5.41, 5.74) is -0.472. The van der Waals surface area contributed by atoms with Gasteiger partial charge in [-0.2, -0.15) is 0 Å². The van der Waals surface area contributed by atoms with E-state index in [0.717, 1.165) is 25.7 Å². The molecule has 5 fully saturated rings. The Morgan fingerprint density at radius 2 is 1.79 bits per heavy atom. The summed E-state index contributed by atoms with van der Waals surface area (Å²) in [6.07, 6.45) is 5.75. The van der Waals surface area contributed by atoms with Crippen LogP contribution in [0.4, 0.5) is 0 Å². The van der Waals surface area contributed by atoms with Crippen LogP contribution in [-0.4, -0.2) is 73.5 Å². The first-order valence-electron chi connectivity index (χ1n) is 12.9. The van der Waals surface area contributed by atoms with Gasteiger partial charge in [0.2, 0.25) is 0 Å². The number of carbonyl (C=O) groups excluding carboxylic acids is 3. The van der Waals surface area contributed by atoms with Gasteiger partial charge in [-0.15, -0.1) is 0 Å². The third-order valence-corrected chi connectivity index (χ3v) is 9.14. The van der Waals surface area contributed by atoms with Gasteiger partial charge in [0.25, 0.3) is 0 Å². The highest BCUT2D eigenvalue weighted by Gasteiger charge is 2.70. The minimum absolute atomic E-state index is 0.0645. The molecule has 33 heavy (non-hydrogen) atoms. The summed E-state index contributed by atoms with van der Waals surface area (Å²) >= 11 is 0. The van der Waals surface area contributed by atoms with Crippen LogP contribution in [0.1, 0.15) is 58.8 Å². The molecule has 6 atom stereocenters. The van der Waals surface area contributed by atoms with E-state index in [2.05, 4.69) is 13.8 Å². The summed E-state index contributed by atoms with van der Waals surface area (Å²) in [5, 5.41) is 0. The Hall–Kier alpha value is -1.67. The fraction of sp³-hybridized carbons (Fsp3) is 0.880. The van der Waals surface area contributed by atoms with Gasteiger partial charge in [0.15, 0.2) is 0 Å². The lowest BCUT2D eigenvalue weighted by atomic mass is 9.77. The van der Waals surface area contributed by atoms with Crippen LogP contribution in [0, 0.1) is 29.6 Å². The predicted octanol–water partition coefficient (Wildman–Crippen LogP) is 2.33. The van der Waals surface area contributed by atoms with E-state index < -0.39 is 29.6 Å². The number of hydrogen-bond donors (Lipinski definition) is 0. The van der Waals surface area contributed by atoms with Crippen LogP contribution in [0.15, 0.2) is 0 Å². The fourth-order valence-corrected chi connectivity index (χ4v) is 7.37. The first-order valence-corrected chi connectivity index (χ1v) is 12.9. The summed E-state index contributed by atoms with van der Waals surface area (Å²) in [5.74, 6) is -1.91. The van der Waals surface area contributed by atoms with Gasteiger partial charge in [-0.3, -0.25) is 19.3 Å². The van der Waals surface area contributed by atoms with Gasteiger partial charge in [-0.25, -0.2) is 0 Å². The van der Waals surface area contributed by atoms with Crippen LogP contribution in [0.3, 0.4) is 0 Å². The third-order valence-electron chi connectivity index (χ3n) is 9.14. The van der Waals surface area contributed by atoms with Crippen LogP contribution in [0.2, 0.25) is 0 Å². The SMILES string of the molecule is CCC(CC)(OC(=O)C1C2CC3C(OC(=O)C31)C2OC(=O)CN1CCOCC1)C1CCCC1. The second-order valence-corrected chi connectivity index (χ2v) is 10.5. The number of fused-ring (bicyclic) bond motifs is 1. The highest BCUT2D eigenvalue weighted by molar-refractivity contribution is 5.86. The van der Waals surface area contributed by atoms with E-state index >= 15 is 0 Å². The summed E-state index contributed by atoms with van der Waals surface area (Å²) in [7, 11) is 0. The molecule has 3 saturated carbocycles. The normalized spacial score (nSPS) is 36.2. The zero-order chi connectivity index (χ0) is 23.2. The monoisotopic (exact) mass is 463 g/mol. The average Bonchev–Trinajstić information content (AvgIpc) is 3.58. The van der Waals surface area contributed by atoms with Crippen molar-refractivity contribution in [1.82, 2.24) is 4.90 Å². The smallest absolute Gasteiger partial charge is 0.320 e. The predicted molar refractivity (Wildman–Crippen MR) is 117 cm³/mol. The molecule has 3 aliphatic carbocycles. The van der Waals surface area contributed by atoms with Crippen molar-refractivity contribution >= 4 is 17.9 Å². The molecule has 184 valence electrons. The molecule has 6 unspecified atom stereocenters. The minimum atomic E-state index is -0.582. The van der Waals surface area contributed by atoms with Gasteiger partial charge in [0.1, 0.15) is 17.8 Å². The molecule has 5 rings (SSSR count). The van der Waals surface area contributed by atoms with Gasteiger partial charge in [-0.1, -0.05) is 26.7 Å². The van der Waals surface area contributed by atoms with E-state index in [1.807, 2.05) is 4.90 Å². The molecule has 0 amide bonds. The molecule has 8 heteroatoms. The Bertz CT molecular complexity index is 769. The molecule has 2 saturated heterocycles. The zero-order valence-electron chi connectivity index (χ0n) is 19.8. The quantitative estimate of drug-likeness (QED) is 0.400. The van der Waals surface area contributed by atoms with Gasteiger partial charge < -0.3 is 18.9 Å². The summed E-state index contributed by atoms with van der Waals surface area (Å²) in [6, 6.07) is 0. The summed E-state index contributed by atoms with van der Waals surface area (Å²) in [6.45, 7) is 6.96. The molecule has 2 heterocycles. The summed E-state index contributed by atoms with van der Waals surface area (Å²) < 4.78 is 23.2. The number of carbonyl (C=O) groups is 3. The molecule has 0 aromatic heterocycles. The standard InChI is InChI=1S/C25H37NO7/c1-3-25(4-2,15-7-5-6-8-15)33-24(29)20-17-13-16-19(20)23(28)32-22(16)21(17)31-18(27)14-26-9-11-30-12-10-26/h15-17,19-22H,3-14H2,1-2H3. The van der Waals surface area contributed by atoms with Crippen molar-refractivity contribution in [2.75, 3.05) is 32.8 Å². The number of nitrogens with zero attached hydrogens (tertiary/aromatic N) is 1. The molecule has 2 aliphatic heterocycles. The lowest BCUT2D eigenvalue weighted by Crippen LogP contribution is -2.48. The van der Waals surface area contributed by atoms with Crippen molar-refractivity contribution < 1.29 is 33.3 Å². The van der Waals surface area contributed by atoms with Crippen LogP contribution < -0.4 is 0 Å². The lowest BCUT2D eigenvalue weighted by Gasteiger charge is -2.39. The van der Waals surface area contributed by atoms with Gasteiger partial charge in [0, 0.05) is 24.9 Å².